The van der Waals surface area contributed by atoms with Gasteiger partial charge in [-0.05, 0) is 131 Å². The van der Waals surface area contributed by atoms with Gasteiger partial charge < -0.3 is 32.7 Å². The van der Waals surface area contributed by atoms with Crippen molar-refractivity contribution in [3.05, 3.63) is 73.9 Å². The lowest BCUT2D eigenvalue weighted by atomic mass is 9.73. The number of allylic oxidation sites excluding steroid dienone is 4. The molecule has 10 atom stereocenters. The van der Waals surface area contributed by atoms with Gasteiger partial charge in [0.05, 0.1) is 37.3 Å². The standard InChI is InChI=1S/C36H66O6Si2.C26H52O5Si2.C10H16O2/c1-19-21-25(3)22-23-29(28(6)37)40-31(38)24-30(41-43(15,16)34(7,8)9)36(13,14)33(39)27(5)32(26(4)20-2)42-44(17,18)35(10,11)12;1-16-18(2)22(31-33(14,15)25(7,8)9)19(3)23(29)26(10,11)20(17-21(27)28)30-32(12,13)24(4,5)6;1-4-5-8(2)6-7-10(12)9(3)11/h19-20,22,26-27,29-30,32H,1-2,21,23-24H2,3-18H3;16,18-20,22H,1,17H2,2-15H3,(H,27,28);4,6,10,12H,1,5,7H2,2-3H3/b25-22-;;8-6-/t26-,27+,29-,30-,32-;18-,19+,20-,22-;10-/m000/s1. The van der Waals surface area contributed by atoms with Crippen LogP contribution < -0.4 is 0 Å². The first-order chi connectivity index (χ1) is 39.7. The summed E-state index contributed by atoms with van der Waals surface area (Å²) >= 11 is 0. The van der Waals surface area contributed by atoms with E-state index < -0.39 is 92.3 Å². The molecule has 0 aliphatic heterocycles. The molecular weight excluding hydrogens is 1190 g/mol. The van der Waals surface area contributed by atoms with Crippen molar-refractivity contribution in [1.29, 1.82) is 0 Å². The SMILES string of the molecule is C=CC/C(C)=C\C[C@H](O)C(C)=O.C=CC/C(C)=C\C[C@H](OC(=O)C[C@H](O[Si](C)(C)C(C)(C)C)C(C)(C)C(=O)[C@H](C)[C@@H](O[Si](C)(C)C(C)(C)C)[C@@H](C)C=C)C(C)=O.C=C[C@H](C)[C@H](O[Si](C)(C)C(C)(C)C)[C@@H](C)C(=O)C(C)(C)[C@H](CC(=O)O)O[Si](C)(C)C(C)(C)C. The second kappa shape index (κ2) is 36.4. The van der Waals surface area contributed by atoms with E-state index in [9.17, 15) is 33.9 Å². The van der Waals surface area contributed by atoms with E-state index >= 15 is 0 Å². The van der Waals surface area contributed by atoms with Gasteiger partial charge in [-0.3, -0.25) is 28.8 Å². The van der Waals surface area contributed by atoms with Crippen LogP contribution in [0.2, 0.25) is 72.5 Å². The Hall–Kier alpha value is -3.27. The summed E-state index contributed by atoms with van der Waals surface area (Å²) in [5.41, 5.74) is 0.148. The summed E-state index contributed by atoms with van der Waals surface area (Å²) in [6.45, 7) is 80.3. The molecule has 2 N–H and O–H groups in total. The summed E-state index contributed by atoms with van der Waals surface area (Å²) in [5.74, 6) is -2.95. The topological polar surface area (TPSA) is 189 Å². The maximum Gasteiger partial charge on any atom is 0.309 e. The number of esters is 1. The molecule has 516 valence electrons. The highest BCUT2D eigenvalue weighted by molar-refractivity contribution is 6.75. The van der Waals surface area contributed by atoms with E-state index in [1.54, 1.807) is 12.2 Å². The van der Waals surface area contributed by atoms with Crippen LogP contribution >= 0.6 is 0 Å². The van der Waals surface area contributed by atoms with E-state index in [0.29, 0.717) is 19.3 Å². The second-order valence-corrected chi connectivity index (χ2v) is 51.5. The molecule has 0 aromatic heterocycles. The number of hydrogen-bond donors (Lipinski definition) is 2. The van der Waals surface area contributed by atoms with Crippen LogP contribution in [0.4, 0.5) is 0 Å². The molecule has 89 heavy (non-hydrogen) atoms. The number of carboxylic acids is 1. The zero-order chi connectivity index (χ0) is 71.4. The van der Waals surface area contributed by atoms with Crippen LogP contribution in [0.25, 0.3) is 0 Å². The molecule has 0 aromatic rings. The highest BCUT2D eigenvalue weighted by atomic mass is 28.4. The number of aliphatic hydroxyl groups excluding tert-OH is 1. The summed E-state index contributed by atoms with van der Waals surface area (Å²) in [5, 5.41) is 18.5. The Bertz CT molecular complexity index is 2400. The highest BCUT2D eigenvalue weighted by Crippen LogP contribution is 2.46. The lowest BCUT2D eigenvalue weighted by molar-refractivity contribution is -0.158. The molecule has 0 unspecified atom stereocenters. The smallest absolute Gasteiger partial charge is 0.309 e. The van der Waals surface area contributed by atoms with Crippen LogP contribution in [-0.2, 0) is 51.2 Å². The largest absolute Gasteiger partial charge is 0.481 e. The molecule has 0 saturated heterocycles. The van der Waals surface area contributed by atoms with E-state index in [-0.39, 0.29) is 80.2 Å². The first-order valence-electron chi connectivity index (χ1n) is 32.3. The van der Waals surface area contributed by atoms with E-state index in [0.717, 1.165) is 17.6 Å². The lowest BCUT2D eigenvalue weighted by Gasteiger charge is -2.46. The van der Waals surface area contributed by atoms with Gasteiger partial charge in [-0.1, -0.05) is 186 Å². The number of Topliss-reactive ketones (excluding diaryl/α,β-unsaturated/α-hetero) is 4. The molecule has 0 rings (SSSR count). The van der Waals surface area contributed by atoms with Gasteiger partial charge in [-0.15, -0.1) is 26.3 Å². The van der Waals surface area contributed by atoms with Crippen molar-refractivity contribution >= 4 is 68.3 Å². The number of carboxylic acid groups (broad SMARTS) is 1. The lowest BCUT2D eigenvalue weighted by Crippen LogP contribution is -2.54. The van der Waals surface area contributed by atoms with Gasteiger partial charge >= 0.3 is 11.9 Å². The fourth-order valence-electron chi connectivity index (χ4n) is 8.60. The fourth-order valence-corrected chi connectivity index (χ4v) is 14.4. The van der Waals surface area contributed by atoms with Crippen LogP contribution in [0.15, 0.2) is 73.9 Å². The predicted octanol–water partition coefficient (Wildman–Crippen LogP) is 18.8. The van der Waals surface area contributed by atoms with Gasteiger partial charge in [-0.25, -0.2) is 0 Å². The molecule has 0 heterocycles. The van der Waals surface area contributed by atoms with Crippen LogP contribution in [0.1, 0.15) is 205 Å². The first-order valence-corrected chi connectivity index (χ1v) is 44.0. The van der Waals surface area contributed by atoms with Crippen molar-refractivity contribution < 1.29 is 61.4 Å². The summed E-state index contributed by atoms with van der Waals surface area (Å²) in [4.78, 5) is 76.7. The molecule has 0 saturated carbocycles. The summed E-state index contributed by atoms with van der Waals surface area (Å²) in [7, 11) is -9.10. The van der Waals surface area contributed by atoms with Crippen molar-refractivity contribution in [3.63, 3.8) is 0 Å². The number of rotatable bonds is 35. The Morgan fingerprint density at radius 2 is 0.753 bits per heavy atom. The van der Waals surface area contributed by atoms with Crippen molar-refractivity contribution in [2.75, 3.05) is 0 Å². The molecule has 0 aromatic carbocycles. The van der Waals surface area contributed by atoms with Crippen molar-refractivity contribution in [3.8, 4) is 0 Å². The molecular formula is C72H134O13Si4. The second-order valence-electron chi connectivity index (χ2n) is 32.4. The Morgan fingerprint density at radius 1 is 0.461 bits per heavy atom. The van der Waals surface area contributed by atoms with Gasteiger partial charge in [0, 0.05) is 29.1 Å². The van der Waals surface area contributed by atoms with Gasteiger partial charge in [0.15, 0.2) is 50.9 Å². The monoisotopic (exact) mass is 1320 g/mol. The molecule has 0 spiro atoms. The van der Waals surface area contributed by atoms with Gasteiger partial charge in [0.2, 0.25) is 0 Å². The summed E-state index contributed by atoms with van der Waals surface area (Å²) in [6.07, 6.45) is 9.03. The summed E-state index contributed by atoms with van der Waals surface area (Å²) in [6, 6.07) is 0. The highest BCUT2D eigenvalue weighted by Gasteiger charge is 2.52. The number of hydrogen-bond acceptors (Lipinski definition) is 12. The molecule has 0 fully saturated rings. The minimum absolute atomic E-state index is 0.00170. The van der Waals surface area contributed by atoms with Crippen LogP contribution in [-0.4, -0.2) is 115 Å². The quantitative estimate of drug-likeness (QED) is 0.0347. The third-order valence-corrected chi connectivity index (χ3v) is 37.6. The van der Waals surface area contributed by atoms with Crippen molar-refractivity contribution in [2.24, 2.45) is 34.5 Å². The maximum absolute atomic E-state index is 14.5. The number of aliphatic carboxylic acids is 1. The van der Waals surface area contributed by atoms with Crippen LogP contribution in [0.5, 0.6) is 0 Å². The number of carbonyl (C=O) groups is 6. The average molecular weight is 1320 g/mol. The maximum atomic E-state index is 14.5. The van der Waals surface area contributed by atoms with E-state index in [1.165, 1.54) is 13.8 Å². The normalized spacial score (nSPS) is 17.0. The number of carbonyl (C=O) groups excluding carboxylic acids is 5. The average Bonchev–Trinajstić information content (AvgIpc) is 3.25. The van der Waals surface area contributed by atoms with Crippen LogP contribution in [0, 0.1) is 34.5 Å². The third kappa shape index (κ3) is 29.3. The molecule has 13 nitrogen and oxygen atoms in total. The molecule has 17 heteroatoms. The molecule has 0 amide bonds. The third-order valence-electron chi connectivity index (χ3n) is 19.6. The van der Waals surface area contributed by atoms with Crippen molar-refractivity contribution in [2.45, 2.75) is 314 Å². The Labute approximate surface area is 549 Å². The Kier molecular flexibility index (Phi) is 36.8. The zero-order valence-corrected chi connectivity index (χ0v) is 66.7. The molecule has 0 aliphatic carbocycles. The Morgan fingerprint density at radius 3 is 1.01 bits per heavy atom. The minimum atomic E-state index is -2.43. The van der Waals surface area contributed by atoms with Gasteiger partial charge in [-0.2, -0.15) is 0 Å². The van der Waals surface area contributed by atoms with Crippen LogP contribution in [0.3, 0.4) is 0 Å². The minimum Gasteiger partial charge on any atom is -0.481 e. The number of ketones is 4. The molecule has 0 bridgehead atoms. The summed E-state index contributed by atoms with van der Waals surface area (Å²) < 4.78 is 32.8. The first kappa shape index (κ1) is 89.9. The fraction of sp³-hybridized carbons (Fsp3) is 0.750. The van der Waals surface area contributed by atoms with E-state index in [2.05, 4.69) is 162 Å². The number of ether oxygens (including phenoxy) is 1. The van der Waals surface area contributed by atoms with Gasteiger partial charge in [0.25, 0.3) is 0 Å². The molecule has 0 aliphatic rings. The molecule has 0 radical (unpaired) electrons. The van der Waals surface area contributed by atoms with Crippen molar-refractivity contribution in [1.82, 2.24) is 0 Å². The predicted molar refractivity (Wildman–Crippen MR) is 383 cm³/mol. The number of aliphatic hydroxyl groups is 1. The van der Waals surface area contributed by atoms with Gasteiger partial charge in [0.1, 0.15) is 17.7 Å². The van der Waals surface area contributed by atoms with E-state index in [1.807, 2.05) is 93.5 Å². The Balaban J connectivity index is -0.00000144. The zero-order valence-electron chi connectivity index (χ0n) is 62.7. The van der Waals surface area contributed by atoms with E-state index in [4.69, 9.17) is 27.5 Å².